The molecule has 0 aliphatic carbocycles. The molecule has 8 heteroatoms. The van der Waals surface area contributed by atoms with E-state index in [0.29, 0.717) is 24.5 Å². The molecule has 0 bridgehead atoms. The molecule has 1 heterocycles. The quantitative estimate of drug-likeness (QED) is 0.544. The number of carbonyl (C=O) groups is 1. The number of thioether (sulfide) groups is 1. The van der Waals surface area contributed by atoms with E-state index in [0.717, 1.165) is 50.2 Å². The minimum absolute atomic E-state index is 0.0843. The molecule has 28 heavy (non-hydrogen) atoms. The van der Waals surface area contributed by atoms with Gasteiger partial charge in [-0.05, 0) is 43.2 Å². The highest BCUT2D eigenvalue weighted by Crippen LogP contribution is 2.32. The van der Waals surface area contributed by atoms with E-state index in [1.54, 1.807) is 23.9 Å². The normalized spacial score (nSPS) is 14.6. The van der Waals surface area contributed by atoms with E-state index in [1.165, 1.54) is 4.31 Å². The zero-order valence-electron chi connectivity index (χ0n) is 17.2. The molecule has 1 fully saturated rings. The number of hydrogen-bond acceptors (Lipinski definition) is 5. The second-order valence-corrected chi connectivity index (χ2v) is 9.96. The molecule has 1 aromatic rings. The summed E-state index contributed by atoms with van der Waals surface area (Å²) in [5, 5.41) is 2.97. The fourth-order valence-corrected chi connectivity index (χ4v) is 5.70. The lowest BCUT2D eigenvalue weighted by Gasteiger charge is -2.24. The van der Waals surface area contributed by atoms with Gasteiger partial charge >= 0.3 is 0 Å². The van der Waals surface area contributed by atoms with Gasteiger partial charge in [0.25, 0.3) is 0 Å². The number of nitrogens with zero attached hydrogens (tertiary/aromatic N) is 2. The van der Waals surface area contributed by atoms with Gasteiger partial charge < -0.3 is 10.2 Å². The third-order valence-corrected chi connectivity index (χ3v) is 8.00. The zero-order chi connectivity index (χ0) is 20.6. The molecule has 1 aliphatic rings. The lowest BCUT2D eigenvalue weighted by Crippen LogP contribution is -2.31. The zero-order valence-corrected chi connectivity index (χ0v) is 18.9. The minimum Gasteiger partial charge on any atom is -0.370 e. The summed E-state index contributed by atoms with van der Waals surface area (Å²) in [6, 6.07) is 5.12. The van der Waals surface area contributed by atoms with Crippen LogP contribution < -0.4 is 10.2 Å². The number of amides is 1. The maximum absolute atomic E-state index is 12.9. The summed E-state index contributed by atoms with van der Waals surface area (Å²) in [6.07, 6.45) is 4.42. The molecule has 0 aromatic heterocycles. The van der Waals surface area contributed by atoms with Crippen LogP contribution in [0, 0.1) is 0 Å². The van der Waals surface area contributed by atoms with Gasteiger partial charge in [0.05, 0.1) is 22.0 Å². The summed E-state index contributed by atoms with van der Waals surface area (Å²) in [4.78, 5) is 14.9. The van der Waals surface area contributed by atoms with Crippen LogP contribution >= 0.6 is 11.8 Å². The van der Waals surface area contributed by atoms with Crippen molar-refractivity contribution in [2.24, 2.45) is 0 Å². The van der Waals surface area contributed by atoms with Crippen molar-refractivity contribution in [3.8, 4) is 0 Å². The maximum atomic E-state index is 12.9. The average Bonchev–Trinajstić information content (AvgIpc) is 3.20. The Hall–Kier alpha value is -1.25. The number of nitrogens with one attached hydrogen (secondary N) is 1. The van der Waals surface area contributed by atoms with Gasteiger partial charge in [-0.3, -0.25) is 4.79 Å². The van der Waals surface area contributed by atoms with Gasteiger partial charge in [-0.2, -0.15) is 16.1 Å². The van der Waals surface area contributed by atoms with E-state index in [-0.39, 0.29) is 10.8 Å². The van der Waals surface area contributed by atoms with Crippen LogP contribution in [0.1, 0.15) is 46.5 Å². The predicted octanol–water partition coefficient (Wildman–Crippen LogP) is 3.79. The molecule has 158 valence electrons. The van der Waals surface area contributed by atoms with E-state index in [4.69, 9.17) is 0 Å². The lowest BCUT2D eigenvalue weighted by atomic mass is 10.2. The van der Waals surface area contributed by atoms with Crippen LogP contribution in [0.15, 0.2) is 23.1 Å². The van der Waals surface area contributed by atoms with Crippen molar-refractivity contribution < 1.29 is 13.2 Å². The summed E-state index contributed by atoms with van der Waals surface area (Å²) in [5.74, 6) is 1.25. The Labute approximate surface area is 174 Å². The Bertz CT molecular complexity index is 743. The minimum atomic E-state index is -3.57. The standard InChI is InChI=1S/C20H33N3O3S2/c1-4-7-14-27-16-20(24)21-18-15-17(28(25,26)23(5-2)6-3)10-11-19(18)22-12-8-9-13-22/h10-11,15H,4-9,12-14,16H2,1-3H3,(H,21,24). The van der Waals surface area contributed by atoms with E-state index in [9.17, 15) is 13.2 Å². The molecule has 0 saturated carbocycles. The maximum Gasteiger partial charge on any atom is 0.243 e. The van der Waals surface area contributed by atoms with Crippen molar-refractivity contribution in [3.63, 3.8) is 0 Å². The Kier molecular flexibility index (Phi) is 9.11. The van der Waals surface area contributed by atoms with Crippen molar-refractivity contribution in [3.05, 3.63) is 18.2 Å². The van der Waals surface area contributed by atoms with Crippen LogP contribution in [0.2, 0.25) is 0 Å². The molecule has 2 rings (SSSR count). The molecule has 0 atom stereocenters. The van der Waals surface area contributed by atoms with Crippen molar-refractivity contribution in [1.82, 2.24) is 4.31 Å². The van der Waals surface area contributed by atoms with Crippen molar-refractivity contribution >= 4 is 39.1 Å². The van der Waals surface area contributed by atoms with Gasteiger partial charge in [0.1, 0.15) is 0 Å². The molecular weight excluding hydrogens is 394 g/mol. The van der Waals surface area contributed by atoms with Gasteiger partial charge in [-0.1, -0.05) is 27.2 Å². The lowest BCUT2D eigenvalue weighted by molar-refractivity contribution is -0.113. The molecule has 0 radical (unpaired) electrons. The van der Waals surface area contributed by atoms with Gasteiger partial charge in [0.15, 0.2) is 0 Å². The number of carbonyl (C=O) groups excluding carboxylic acids is 1. The first kappa shape index (κ1) is 23.0. The molecule has 1 aliphatic heterocycles. The Morgan fingerprint density at radius 1 is 1.18 bits per heavy atom. The topological polar surface area (TPSA) is 69.7 Å². The van der Waals surface area contributed by atoms with E-state index in [1.807, 2.05) is 19.9 Å². The highest BCUT2D eigenvalue weighted by atomic mass is 32.2. The number of rotatable bonds is 11. The summed E-state index contributed by atoms with van der Waals surface area (Å²) in [5.41, 5.74) is 1.50. The fraction of sp³-hybridized carbons (Fsp3) is 0.650. The number of anilines is 2. The van der Waals surface area contributed by atoms with E-state index in [2.05, 4.69) is 17.1 Å². The highest BCUT2D eigenvalue weighted by Gasteiger charge is 2.25. The van der Waals surface area contributed by atoms with Crippen molar-refractivity contribution in [2.75, 3.05) is 47.9 Å². The van der Waals surface area contributed by atoms with Crippen LogP contribution in [-0.2, 0) is 14.8 Å². The second kappa shape index (κ2) is 11.1. The Morgan fingerprint density at radius 2 is 1.86 bits per heavy atom. The summed E-state index contributed by atoms with van der Waals surface area (Å²) in [7, 11) is -3.57. The Balaban J connectivity index is 2.27. The number of hydrogen-bond donors (Lipinski definition) is 1. The van der Waals surface area contributed by atoms with E-state index < -0.39 is 10.0 Å². The molecule has 1 N–H and O–H groups in total. The van der Waals surface area contributed by atoms with Crippen molar-refractivity contribution in [2.45, 2.75) is 51.3 Å². The molecule has 1 aromatic carbocycles. The fourth-order valence-electron chi connectivity index (χ4n) is 3.32. The number of unbranched alkanes of at least 4 members (excludes halogenated alkanes) is 1. The summed E-state index contributed by atoms with van der Waals surface area (Å²) < 4.78 is 27.2. The monoisotopic (exact) mass is 427 g/mol. The van der Waals surface area contributed by atoms with Crippen molar-refractivity contribution in [1.29, 1.82) is 0 Å². The number of sulfonamides is 1. The van der Waals surface area contributed by atoms with Crippen LogP contribution in [-0.4, -0.2) is 56.3 Å². The SMILES string of the molecule is CCCCSCC(=O)Nc1cc(S(=O)(=O)N(CC)CC)ccc1N1CCCC1. The van der Waals surface area contributed by atoms with Gasteiger partial charge in [-0.15, -0.1) is 0 Å². The number of benzene rings is 1. The van der Waals surface area contributed by atoms with Crippen LogP contribution in [0.4, 0.5) is 11.4 Å². The second-order valence-electron chi connectivity index (χ2n) is 6.92. The molecule has 6 nitrogen and oxygen atoms in total. The smallest absolute Gasteiger partial charge is 0.243 e. The summed E-state index contributed by atoms with van der Waals surface area (Å²) >= 11 is 1.61. The average molecular weight is 428 g/mol. The van der Waals surface area contributed by atoms with Gasteiger partial charge in [0, 0.05) is 26.2 Å². The first-order valence-corrected chi connectivity index (χ1v) is 12.8. The first-order valence-electron chi connectivity index (χ1n) is 10.2. The third kappa shape index (κ3) is 5.87. The third-order valence-electron chi connectivity index (χ3n) is 4.91. The molecule has 1 saturated heterocycles. The molecular formula is C20H33N3O3S2. The molecule has 0 spiro atoms. The van der Waals surface area contributed by atoms with Gasteiger partial charge in [-0.25, -0.2) is 8.42 Å². The van der Waals surface area contributed by atoms with Gasteiger partial charge in [0.2, 0.25) is 15.9 Å². The highest BCUT2D eigenvalue weighted by molar-refractivity contribution is 7.99. The van der Waals surface area contributed by atoms with Crippen LogP contribution in [0.5, 0.6) is 0 Å². The summed E-state index contributed by atoms with van der Waals surface area (Å²) in [6.45, 7) is 8.48. The van der Waals surface area contributed by atoms with E-state index >= 15 is 0 Å². The molecule has 0 unspecified atom stereocenters. The van der Waals surface area contributed by atoms with Crippen LogP contribution in [0.3, 0.4) is 0 Å². The largest absolute Gasteiger partial charge is 0.370 e. The molecule has 1 amide bonds. The Morgan fingerprint density at radius 3 is 2.46 bits per heavy atom. The predicted molar refractivity (Wildman–Crippen MR) is 119 cm³/mol. The first-order chi connectivity index (χ1) is 13.4. The van der Waals surface area contributed by atoms with Crippen LogP contribution in [0.25, 0.3) is 0 Å².